The Morgan fingerprint density at radius 2 is 1.65 bits per heavy atom. The van der Waals surface area contributed by atoms with Crippen LogP contribution in [0.4, 0.5) is 5.69 Å². The largest absolute Gasteiger partial charge is 0.342 e. The molecule has 0 aromatic heterocycles. The fourth-order valence-corrected chi connectivity index (χ4v) is 4.57. The number of carbonyl (C=O) groups excluding carboxylic acids is 1. The molecular weight excluding hydrogens is 372 g/mol. The maximum atomic E-state index is 12.4. The minimum atomic E-state index is -3.75. The number of hydrogen-bond donors (Lipinski definition) is 1. The maximum Gasteiger partial charge on any atom is 0.263 e. The van der Waals surface area contributed by atoms with Crippen LogP contribution in [-0.2, 0) is 21.2 Å². The van der Waals surface area contributed by atoms with Gasteiger partial charge in [0.15, 0.2) is 0 Å². The van der Waals surface area contributed by atoms with E-state index >= 15 is 0 Å². The zero-order chi connectivity index (χ0) is 18.6. The summed E-state index contributed by atoms with van der Waals surface area (Å²) in [5, 5.41) is 0.170. The topological polar surface area (TPSA) is 66.5 Å². The van der Waals surface area contributed by atoms with E-state index in [9.17, 15) is 13.2 Å². The Morgan fingerprint density at radius 3 is 2.31 bits per heavy atom. The molecule has 0 spiro atoms. The van der Waals surface area contributed by atoms with Gasteiger partial charge in [-0.2, -0.15) is 0 Å². The number of benzene rings is 2. The average molecular weight is 393 g/mol. The lowest BCUT2D eigenvalue weighted by Gasteiger charge is -2.26. The van der Waals surface area contributed by atoms with Gasteiger partial charge < -0.3 is 4.90 Å². The number of halogens is 1. The van der Waals surface area contributed by atoms with E-state index in [1.807, 2.05) is 4.90 Å². The molecule has 1 heterocycles. The van der Waals surface area contributed by atoms with Crippen LogP contribution in [0.3, 0.4) is 0 Å². The highest BCUT2D eigenvalue weighted by atomic mass is 35.5. The molecule has 1 saturated heterocycles. The summed E-state index contributed by atoms with van der Waals surface area (Å²) in [6.07, 6.45) is 3.64. The molecule has 0 radical (unpaired) electrons. The highest BCUT2D eigenvalue weighted by molar-refractivity contribution is 7.92. The van der Waals surface area contributed by atoms with Gasteiger partial charge in [-0.25, -0.2) is 8.42 Å². The van der Waals surface area contributed by atoms with Gasteiger partial charge in [0.05, 0.1) is 11.4 Å². The summed E-state index contributed by atoms with van der Waals surface area (Å²) in [7, 11) is -3.75. The fourth-order valence-electron chi connectivity index (χ4n) is 2.99. The molecule has 3 rings (SSSR count). The molecule has 138 valence electrons. The number of sulfonamides is 1. The first-order chi connectivity index (χ1) is 12.5. The van der Waals surface area contributed by atoms with Gasteiger partial charge in [-0.3, -0.25) is 9.52 Å². The lowest BCUT2D eigenvalue weighted by atomic mass is 10.1. The van der Waals surface area contributed by atoms with Crippen LogP contribution < -0.4 is 4.72 Å². The van der Waals surface area contributed by atoms with Gasteiger partial charge in [0, 0.05) is 18.8 Å². The first kappa shape index (κ1) is 18.7. The molecule has 7 heteroatoms. The van der Waals surface area contributed by atoms with Crippen LogP contribution in [0.5, 0.6) is 0 Å². The van der Waals surface area contributed by atoms with Crippen molar-refractivity contribution >= 4 is 33.2 Å². The van der Waals surface area contributed by atoms with E-state index in [0.29, 0.717) is 12.1 Å². The van der Waals surface area contributed by atoms with Crippen LogP contribution in [0.1, 0.15) is 24.8 Å². The van der Waals surface area contributed by atoms with Crippen molar-refractivity contribution in [2.75, 3.05) is 17.8 Å². The zero-order valence-electron chi connectivity index (χ0n) is 14.3. The molecule has 1 aliphatic heterocycles. The smallest absolute Gasteiger partial charge is 0.263 e. The third kappa shape index (κ3) is 4.56. The van der Waals surface area contributed by atoms with E-state index < -0.39 is 10.0 Å². The van der Waals surface area contributed by atoms with Gasteiger partial charge in [0.25, 0.3) is 10.0 Å². The van der Waals surface area contributed by atoms with Gasteiger partial charge in [-0.1, -0.05) is 35.9 Å². The molecule has 1 N–H and O–H groups in total. The SMILES string of the molecule is O=C(Cc1ccc(NS(=O)(=O)c2ccccc2Cl)cc1)N1CCCCC1. The van der Waals surface area contributed by atoms with Crippen molar-refractivity contribution in [3.8, 4) is 0 Å². The number of anilines is 1. The second kappa shape index (κ2) is 8.10. The first-order valence-electron chi connectivity index (χ1n) is 8.60. The van der Waals surface area contributed by atoms with E-state index in [4.69, 9.17) is 11.6 Å². The summed E-state index contributed by atoms with van der Waals surface area (Å²) in [5.74, 6) is 0.120. The summed E-state index contributed by atoms with van der Waals surface area (Å²) in [6.45, 7) is 1.66. The average Bonchev–Trinajstić information content (AvgIpc) is 2.64. The van der Waals surface area contributed by atoms with Crippen LogP contribution >= 0.6 is 11.6 Å². The Balaban J connectivity index is 1.66. The standard InChI is InChI=1S/C19H21ClN2O3S/c20-17-6-2-3-7-18(17)26(24,25)21-16-10-8-15(9-11-16)14-19(23)22-12-4-1-5-13-22/h2-3,6-11,21H,1,4-5,12-14H2. The number of hydrogen-bond acceptors (Lipinski definition) is 3. The van der Waals surface area contributed by atoms with Gasteiger partial charge in [-0.15, -0.1) is 0 Å². The molecular formula is C19H21ClN2O3S. The van der Waals surface area contributed by atoms with Gasteiger partial charge in [-0.05, 0) is 49.1 Å². The summed E-state index contributed by atoms with van der Waals surface area (Å²) in [6, 6.07) is 13.1. The molecule has 0 unspecified atom stereocenters. The summed E-state index contributed by atoms with van der Waals surface area (Å²) in [4.78, 5) is 14.2. The van der Waals surface area contributed by atoms with Crippen LogP contribution in [0.25, 0.3) is 0 Å². The number of carbonyl (C=O) groups is 1. The molecule has 0 atom stereocenters. The number of likely N-dealkylation sites (tertiary alicyclic amines) is 1. The van der Waals surface area contributed by atoms with Crippen molar-refractivity contribution in [3.05, 3.63) is 59.1 Å². The van der Waals surface area contributed by atoms with E-state index in [-0.39, 0.29) is 15.8 Å². The zero-order valence-corrected chi connectivity index (χ0v) is 15.9. The number of nitrogens with zero attached hydrogens (tertiary/aromatic N) is 1. The maximum absolute atomic E-state index is 12.4. The van der Waals surface area contributed by atoms with Crippen molar-refractivity contribution in [2.45, 2.75) is 30.6 Å². The highest BCUT2D eigenvalue weighted by Gasteiger charge is 2.18. The molecule has 0 saturated carbocycles. The predicted octanol–water partition coefficient (Wildman–Crippen LogP) is 3.70. The van der Waals surface area contributed by atoms with Crippen molar-refractivity contribution < 1.29 is 13.2 Å². The summed E-state index contributed by atoms with van der Waals surface area (Å²) < 4.78 is 27.4. The van der Waals surface area contributed by atoms with Crippen LogP contribution in [0.2, 0.25) is 5.02 Å². The fraction of sp³-hybridized carbons (Fsp3) is 0.316. The molecule has 0 bridgehead atoms. The quantitative estimate of drug-likeness (QED) is 0.843. The van der Waals surface area contributed by atoms with Gasteiger partial charge >= 0.3 is 0 Å². The molecule has 5 nitrogen and oxygen atoms in total. The third-order valence-corrected chi connectivity index (χ3v) is 6.28. The van der Waals surface area contributed by atoms with Gasteiger partial charge in [0.1, 0.15) is 4.90 Å². The van der Waals surface area contributed by atoms with Crippen molar-refractivity contribution in [2.24, 2.45) is 0 Å². The Bertz CT molecular complexity index is 876. The molecule has 2 aromatic carbocycles. The lowest BCUT2D eigenvalue weighted by Crippen LogP contribution is -2.36. The lowest BCUT2D eigenvalue weighted by molar-refractivity contribution is -0.131. The Hall–Kier alpha value is -2.05. The van der Waals surface area contributed by atoms with Crippen LogP contribution in [0.15, 0.2) is 53.4 Å². The molecule has 1 amide bonds. The van der Waals surface area contributed by atoms with E-state index in [2.05, 4.69) is 4.72 Å². The molecule has 1 aliphatic rings. The summed E-state index contributed by atoms with van der Waals surface area (Å²) in [5.41, 5.74) is 1.29. The Kier molecular flexibility index (Phi) is 5.84. The summed E-state index contributed by atoms with van der Waals surface area (Å²) >= 11 is 5.97. The van der Waals surface area contributed by atoms with Crippen LogP contribution in [-0.4, -0.2) is 32.3 Å². The number of amides is 1. The van der Waals surface area contributed by atoms with Crippen molar-refractivity contribution in [1.82, 2.24) is 4.90 Å². The normalized spacial score (nSPS) is 14.9. The van der Waals surface area contributed by atoms with Crippen molar-refractivity contribution in [3.63, 3.8) is 0 Å². The Morgan fingerprint density at radius 1 is 1.00 bits per heavy atom. The minimum Gasteiger partial charge on any atom is -0.342 e. The van der Waals surface area contributed by atoms with E-state index in [1.165, 1.54) is 18.6 Å². The molecule has 2 aromatic rings. The second-order valence-corrected chi connectivity index (χ2v) is 8.41. The first-order valence-corrected chi connectivity index (χ1v) is 10.5. The number of rotatable bonds is 5. The number of piperidine rings is 1. The van der Waals surface area contributed by atoms with Gasteiger partial charge in [0.2, 0.25) is 5.91 Å². The monoisotopic (exact) mass is 392 g/mol. The van der Waals surface area contributed by atoms with E-state index in [1.54, 1.807) is 36.4 Å². The second-order valence-electron chi connectivity index (χ2n) is 6.35. The molecule has 26 heavy (non-hydrogen) atoms. The highest BCUT2D eigenvalue weighted by Crippen LogP contribution is 2.23. The third-order valence-electron chi connectivity index (χ3n) is 4.40. The van der Waals surface area contributed by atoms with Crippen molar-refractivity contribution in [1.29, 1.82) is 0 Å². The van der Waals surface area contributed by atoms with Crippen LogP contribution in [0, 0.1) is 0 Å². The molecule has 1 fully saturated rings. The van der Waals surface area contributed by atoms with E-state index in [0.717, 1.165) is 31.5 Å². The predicted molar refractivity (Wildman–Crippen MR) is 103 cm³/mol. The minimum absolute atomic E-state index is 0.0334. The molecule has 0 aliphatic carbocycles. The number of nitrogens with one attached hydrogen (secondary N) is 1. The Labute approximate surface area is 159 Å².